The molecule has 0 fully saturated rings. The van der Waals surface area contributed by atoms with Gasteiger partial charge in [0.1, 0.15) is 5.82 Å². The van der Waals surface area contributed by atoms with Gasteiger partial charge in [-0.3, -0.25) is 0 Å². The van der Waals surface area contributed by atoms with Crippen molar-refractivity contribution in [1.82, 2.24) is 4.90 Å². The minimum Gasteiger partial charge on any atom is -0.478 e. The number of benzene rings is 1. The van der Waals surface area contributed by atoms with Gasteiger partial charge in [-0.25, -0.2) is 9.18 Å². The lowest BCUT2D eigenvalue weighted by Crippen LogP contribution is -2.31. The fourth-order valence-corrected chi connectivity index (χ4v) is 2.46. The summed E-state index contributed by atoms with van der Waals surface area (Å²) >= 11 is 0. The van der Waals surface area contributed by atoms with Gasteiger partial charge in [-0.05, 0) is 45.1 Å². The van der Waals surface area contributed by atoms with Gasteiger partial charge in [-0.15, -0.1) is 0 Å². The van der Waals surface area contributed by atoms with Gasteiger partial charge in [0.15, 0.2) is 0 Å². The first-order chi connectivity index (χ1) is 10.0. The number of carbonyl (C=O) groups is 1. The number of hydrogen-bond donors (Lipinski definition) is 1. The summed E-state index contributed by atoms with van der Waals surface area (Å²) in [5, 5.41) is 9.22. The Morgan fingerprint density at radius 1 is 1.14 bits per heavy atom. The second kappa shape index (κ2) is 8.62. The average Bonchev–Trinajstić information content (AvgIpc) is 2.48. The lowest BCUT2D eigenvalue weighted by molar-refractivity contribution is 0.0697. The van der Waals surface area contributed by atoms with Crippen LogP contribution in [0.4, 0.5) is 10.1 Å². The molecular weight excluding hydrogens is 271 g/mol. The van der Waals surface area contributed by atoms with Crippen LogP contribution in [0.3, 0.4) is 0 Å². The maximum absolute atomic E-state index is 14.1. The molecule has 1 aromatic carbocycles. The van der Waals surface area contributed by atoms with Gasteiger partial charge in [-0.1, -0.05) is 19.9 Å². The van der Waals surface area contributed by atoms with Crippen molar-refractivity contribution in [2.45, 2.75) is 27.2 Å². The highest BCUT2D eigenvalue weighted by atomic mass is 19.1. The van der Waals surface area contributed by atoms with Gasteiger partial charge in [0, 0.05) is 13.1 Å². The van der Waals surface area contributed by atoms with Crippen LogP contribution in [-0.4, -0.2) is 48.7 Å². The zero-order valence-corrected chi connectivity index (χ0v) is 13.1. The van der Waals surface area contributed by atoms with Crippen molar-refractivity contribution in [3.63, 3.8) is 0 Å². The summed E-state index contributed by atoms with van der Waals surface area (Å²) in [5.41, 5.74) is 0.228. The SMILES string of the molecule is CCN(CC)CCCN(CC)c1c(F)cccc1C(=O)O. The maximum atomic E-state index is 14.1. The number of anilines is 1. The average molecular weight is 296 g/mol. The lowest BCUT2D eigenvalue weighted by Gasteiger charge is -2.26. The molecule has 0 amide bonds. The van der Waals surface area contributed by atoms with E-state index in [-0.39, 0.29) is 11.3 Å². The molecule has 118 valence electrons. The zero-order chi connectivity index (χ0) is 15.8. The van der Waals surface area contributed by atoms with Crippen LogP contribution in [0.5, 0.6) is 0 Å². The van der Waals surface area contributed by atoms with Crippen molar-refractivity contribution in [2.24, 2.45) is 0 Å². The second-order valence-electron chi connectivity index (χ2n) is 4.90. The Hall–Kier alpha value is -1.62. The van der Waals surface area contributed by atoms with Crippen molar-refractivity contribution in [2.75, 3.05) is 37.6 Å². The molecule has 0 unspecified atom stereocenters. The Bertz CT molecular complexity index is 462. The van der Waals surface area contributed by atoms with E-state index in [1.807, 2.05) is 11.8 Å². The summed E-state index contributed by atoms with van der Waals surface area (Å²) in [4.78, 5) is 15.4. The molecule has 0 aliphatic rings. The first kappa shape index (κ1) is 17.4. The third kappa shape index (κ3) is 4.70. The van der Waals surface area contributed by atoms with E-state index < -0.39 is 11.8 Å². The highest BCUT2D eigenvalue weighted by Crippen LogP contribution is 2.24. The number of rotatable bonds is 9. The predicted molar refractivity (Wildman–Crippen MR) is 83.7 cm³/mol. The number of carboxylic acids is 1. The van der Waals surface area contributed by atoms with Crippen molar-refractivity contribution < 1.29 is 14.3 Å². The molecular formula is C16H25FN2O2. The first-order valence-electron chi connectivity index (χ1n) is 7.54. The quantitative estimate of drug-likeness (QED) is 0.760. The Balaban J connectivity index is 2.83. The predicted octanol–water partition coefficient (Wildman–Crippen LogP) is 3.08. The van der Waals surface area contributed by atoms with Gasteiger partial charge in [-0.2, -0.15) is 0 Å². The Labute approximate surface area is 126 Å². The molecule has 0 bridgehead atoms. The van der Waals surface area contributed by atoms with E-state index in [0.717, 1.165) is 26.1 Å². The van der Waals surface area contributed by atoms with Crippen molar-refractivity contribution in [1.29, 1.82) is 0 Å². The van der Waals surface area contributed by atoms with E-state index in [0.29, 0.717) is 13.1 Å². The number of carboxylic acid groups (broad SMARTS) is 1. The van der Waals surface area contributed by atoms with Crippen LogP contribution >= 0.6 is 0 Å². The summed E-state index contributed by atoms with van der Waals surface area (Å²) in [6.45, 7) is 10.3. The Morgan fingerprint density at radius 3 is 2.33 bits per heavy atom. The smallest absolute Gasteiger partial charge is 0.337 e. The summed E-state index contributed by atoms with van der Waals surface area (Å²) in [6, 6.07) is 4.20. The molecule has 0 spiro atoms. The normalized spacial score (nSPS) is 10.9. The van der Waals surface area contributed by atoms with Crippen LogP contribution in [0.1, 0.15) is 37.6 Å². The molecule has 0 radical (unpaired) electrons. The van der Waals surface area contributed by atoms with E-state index in [2.05, 4.69) is 18.7 Å². The molecule has 0 aliphatic carbocycles. The first-order valence-corrected chi connectivity index (χ1v) is 7.54. The zero-order valence-electron chi connectivity index (χ0n) is 13.1. The van der Waals surface area contributed by atoms with E-state index in [1.54, 1.807) is 0 Å². The lowest BCUT2D eigenvalue weighted by atomic mass is 10.1. The molecule has 0 saturated heterocycles. The molecule has 1 aromatic rings. The van der Waals surface area contributed by atoms with E-state index in [1.165, 1.54) is 18.2 Å². The molecule has 1 rings (SSSR count). The minimum absolute atomic E-state index is 0.0275. The number of halogens is 1. The maximum Gasteiger partial charge on any atom is 0.337 e. The number of hydrogen-bond acceptors (Lipinski definition) is 3. The highest BCUT2D eigenvalue weighted by Gasteiger charge is 2.19. The van der Waals surface area contributed by atoms with E-state index >= 15 is 0 Å². The monoisotopic (exact) mass is 296 g/mol. The molecule has 4 nitrogen and oxygen atoms in total. The third-order valence-corrected chi connectivity index (χ3v) is 3.71. The van der Waals surface area contributed by atoms with Crippen LogP contribution in [0.25, 0.3) is 0 Å². The summed E-state index contributed by atoms with van der Waals surface area (Å²) in [6.07, 6.45) is 0.878. The molecule has 21 heavy (non-hydrogen) atoms. The number of para-hydroxylation sites is 1. The molecule has 0 aliphatic heterocycles. The number of nitrogens with zero attached hydrogens (tertiary/aromatic N) is 2. The minimum atomic E-state index is -1.09. The van der Waals surface area contributed by atoms with Crippen molar-refractivity contribution >= 4 is 11.7 Å². The van der Waals surface area contributed by atoms with Crippen LogP contribution < -0.4 is 4.90 Å². The summed E-state index contributed by atoms with van der Waals surface area (Å²) < 4.78 is 14.1. The van der Waals surface area contributed by atoms with Gasteiger partial charge in [0.2, 0.25) is 0 Å². The van der Waals surface area contributed by atoms with Gasteiger partial charge in [0.05, 0.1) is 11.3 Å². The third-order valence-electron chi connectivity index (χ3n) is 3.71. The van der Waals surface area contributed by atoms with Crippen molar-refractivity contribution in [3.05, 3.63) is 29.6 Å². The molecule has 0 aromatic heterocycles. The van der Waals surface area contributed by atoms with Crippen LogP contribution in [0.15, 0.2) is 18.2 Å². The molecule has 5 heteroatoms. The largest absolute Gasteiger partial charge is 0.478 e. The molecule has 0 heterocycles. The fraction of sp³-hybridized carbons (Fsp3) is 0.562. The standard InChI is InChI=1S/C16H25FN2O2/c1-4-18(5-2)11-8-12-19(6-3)15-13(16(20)21)9-7-10-14(15)17/h7,9-10H,4-6,8,11-12H2,1-3H3,(H,20,21). The Morgan fingerprint density at radius 2 is 1.81 bits per heavy atom. The van der Waals surface area contributed by atoms with E-state index in [4.69, 9.17) is 0 Å². The molecule has 1 N–H and O–H groups in total. The van der Waals surface area contributed by atoms with Gasteiger partial charge in [0.25, 0.3) is 0 Å². The van der Waals surface area contributed by atoms with Crippen LogP contribution in [0.2, 0.25) is 0 Å². The van der Waals surface area contributed by atoms with Crippen LogP contribution in [-0.2, 0) is 0 Å². The number of aromatic carboxylic acids is 1. The second-order valence-corrected chi connectivity index (χ2v) is 4.90. The van der Waals surface area contributed by atoms with E-state index in [9.17, 15) is 14.3 Å². The van der Waals surface area contributed by atoms with Crippen LogP contribution in [0, 0.1) is 5.82 Å². The highest BCUT2D eigenvalue weighted by molar-refractivity contribution is 5.94. The molecule has 0 atom stereocenters. The van der Waals surface area contributed by atoms with Gasteiger partial charge >= 0.3 is 5.97 Å². The fourth-order valence-electron chi connectivity index (χ4n) is 2.46. The molecule has 0 saturated carbocycles. The van der Waals surface area contributed by atoms with Crippen molar-refractivity contribution in [3.8, 4) is 0 Å². The summed E-state index contributed by atoms with van der Waals surface area (Å²) in [7, 11) is 0. The van der Waals surface area contributed by atoms with Gasteiger partial charge < -0.3 is 14.9 Å². The topological polar surface area (TPSA) is 43.8 Å². The summed E-state index contributed by atoms with van der Waals surface area (Å²) in [5.74, 6) is -1.56. The Kier molecular flexibility index (Phi) is 7.15.